The van der Waals surface area contributed by atoms with Crippen LogP contribution in [0, 0.1) is 11.8 Å². The summed E-state index contributed by atoms with van der Waals surface area (Å²) in [5, 5.41) is 8.16. The van der Waals surface area contributed by atoms with Crippen LogP contribution in [0.2, 0.25) is 0 Å². The topological polar surface area (TPSA) is 72.1 Å². The number of nitrogens with zero attached hydrogens (tertiary/aromatic N) is 3. The van der Waals surface area contributed by atoms with Crippen LogP contribution in [-0.2, 0) is 4.79 Å². The second-order valence-corrected chi connectivity index (χ2v) is 7.86. The van der Waals surface area contributed by atoms with Crippen molar-refractivity contribution in [3.8, 4) is 0 Å². The Bertz CT molecular complexity index is 479. The first kappa shape index (κ1) is 14.1. The Labute approximate surface area is 127 Å². The molecule has 5 nitrogen and oxygen atoms in total. The van der Waals surface area contributed by atoms with Gasteiger partial charge in [-0.2, -0.15) is 0 Å². The van der Waals surface area contributed by atoms with Gasteiger partial charge in [0.15, 0.2) is 4.34 Å². The molecule has 2 atom stereocenters. The third-order valence-electron chi connectivity index (χ3n) is 4.39. The molecule has 1 saturated carbocycles. The second kappa shape index (κ2) is 6.30. The van der Waals surface area contributed by atoms with E-state index in [2.05, 4.69) is 10.2 Å². The van der Waals surface area contributed by atoms with Crippen LogP contribution in [0.5, 0.6) is 0 Å². The van der Waals surface area contributed by atoms with Crippen molar-refractivity contribution in [2.24, 2.45) is 11.8 Å². The molecule has 2 heterocycles. The van der Waals surface area contributed by atoms with E-state index in [0.717, 1.165) is 29.3 Å². The van der Waals surface area contributed by atoms with Crippen molar-refractivity contribution < 1.29 is 4.79 Å². The van der Waals surface area contributed by atoms with Crippen LogP contribution < -0.4 is 5.73 Å². The quantitative estimate of drug-likeness (QED) is 0.867. The molecule has 20 heavy (non-hydrogen) atoms. The fourth-order valence-electron chi connectivity index (χ4n) is 3.32. The Hall–Kier alpha value is -0.820. The number of carbonyl (C=O) groups excluding carboxylic acids is 1. The van der Waals surface area contributed by atoms with Gasteiger partial charge in [0.05, 0.1) is 5.75 Å². The predicted octanol–water partition coefficient (Wildman–Crippen LogP) is 2.25. The van der Waals surface area contributed by atoms with E-state index in [-0.39, 0.29) is 5.91 Å². The molecule has 0 unspecified atom stereocenters. The number of carbonyl (C=O) groups is 1. The van der Waals surface area contributed by atoms with Gasteiger partial charge in [-0.1, -0.05) is 42.4 Å². The number of fused-ring (bicyclic) bond motifs is 1. The molecule has 2 N–H and O–H groups in total. The summed E-state index contributed by atoms with van der Waals surface area (Å²) in [6.07, 6.45) is 6.57. The highest BCUT2D eigenvalue weighted by molar-refractivity contribution is 8.01. The third-order valence-corrected chi connectivity index (χ3v) is 6.26. The van der Waals surface area contributed by atoms with E-state index in [9.17, 15) is 4.79 Å². The van der Waals surface area contributed by atoms with Crippen molar-refractivity contribution in [3.05, 3.63) is 0 Å². The first-order valence-electron chi connectivity index (χ1n) is 7.22. The second-order valence-electron chi connectivity index (χ2n) is 5.63. The zero-order valence-electron chi connectivity index (χ0n) is 11.5. The molecule has 0 spiro atoms. The van der Waals surface area contributed by atoms with Crippen LogP contribution in [0.15, 0.2) is 4.34 Å². The summed E-state index contributed by atoms with van der Waals surface area (Å²) in [6, 6.07) is 0. The highest BCUT2D eigenvalue weighted by atomic mass is 32.2. The first-order chi connectivity index (χ1) is 9.72. The number of thioether (sulfide) groups is 1. The predicted molar refractivity (Wildman–Crippen MR) is 81.7 cm³/mol. The summed E-state index contributed by atoms with van der Waals surface area (Å²) >= 11 is 2.79. The number of amides is 1. The van der Waals surface area contributed by atoms with E-state index in [1.807, 2.05) is 4.90 Å². The normalized spacial score (nSPS) is 26.3. The summed E-state index contributed by atoms with van der Waals surface area (Å²) in [6.45, 7) is 1.89. The van der Waals surface area contributed by atoms with Crippen LogP contribution in [0.1, 0.15) is 32.1 Å². The van der Waals surface area contributed by atoms with Gasteiger partial charge in [0.1, 0.15) is 0 Å². The lowest BCUT2D eigenvalue weighted by Gasteiger charge is -2.41. The van der Waals surface area contributed by atoms with E-state index >= 15 is 0 Å². The molecule has 1 amide bonds. The van der Waals surface area contributed by atoms with Gasteiger partial charge in [0.25, 0.3) is 0 Å². The Morgan fingerprint density at radius 2 is 2.10 bits per heavy atom. The monoisotopic (exact) mass is 312 g/mol. The molecule has 0 aromatic carbocycles. The summed E-state index contributed by atoms with van der Waals surface area (Å²) < 4.78 is 0.781. The largest absolute Gasteiger partial charge is 0.374 e. The number of piperidine rings is 1. The summed E-state index contributed by atoms with van der Waals surface area (Å²) in [7, 11) is 0. The molecule has 1 aromatic heterocycles. The molecule has 7 heteroatoms. The Balaban J connectivity index is 1.50. The van der Waals surface area contributed by atoms with Crippen molar-refractivity contribution in [3.63, 3.8) is 0 Å². The van der Waals surface area contributed by atoms with Crippen LogP contribution in [0.4, 0.5) is 5.13 Å². The molecule has 0 radical (unpaired) electrons. The average molecular weight is 312 g/mol. The van der Waals surface area contributed by atoms with Gasteiger partial charge in [-0.05, 0) is 24.7 Å². The summed E-state index contributed by atoms with van der Waals surface area (Å²) in [5.74, 6) is 2.28. The van der Waals surface area contributed by atoms with Crippen molar-refractivity contribution in [1.82, 2.24) is 15.1 Å². The van der Waals surface area contributed by atoms with Gasteiger partial charge < -0.3 is 10.6 Å². The maximum atomic E-state index is 12.3. The van der Waals surface area contributed by atoms with E-state index in [0.29, 0.717) is 10.9 Å². The van der Waals surface area contributed by atoms with Crippen molar-refractivity contribution in [1.29, 1.82) is 0 Å². The Kier molecular flexibility index (Phi) is 4.45. The number of likely N-dealkylation sites (tertiary alicyclic amines) is 1. The highest BCUT2D eigenvalue weighted by Gasteiger charge is 2.32. The molecular weight excluding hydrogens is 292 g/mol. The molecule has 1 aliphatic carbocycles. The lowest BCUT2D eigenvalue weighted by atomic mass is 9.75. The van der Waals surface area contributed by atoms with Gasteiger partial charge in [-0.25, -0.2) is 0 Å². The van der Waals surface area contributed by atoms with Gasteiger partial charge >= 0.3 is 0 Å². The summed E-state index contributed by atoms with van der Waals surface area (Å²) in [4.78, 5) is 14.3. The molecule has 1 aliphatic heterocycles. The lowest BCUT2D eigenvalue weighted by molar-refractivity contribution is -0.131. The number of rotatable bonds is 3. The van der Waals surface area contributed by atoms with Gasteiger partial charge in [-0.3, -0.25) is 4.79 Å². The molecule has 0 bridgehead atoms. The highest BCUT2D eigenvalue weighted by Crippen LogP contribution is 2.36. The fourth-order valence-corrected chi connectivity index (χ4v) is 4.86. The maximum absolute atomic E-state index is 12.3. The molecule has 1 aromatic rings. The zero-order valence-corrected chi connectivity index (χ0v) is 13.1. The van der Waals surface area contributed by atoms with Crippen molar-refractivity contribution in [2.75, 3.05) is 24.6 Å². The zero-order chi connectivity index (χ0) is 13.9. The fraction of sp³-hybridized carbons (Fsp3) is 0.769. The van der Waals surface area contributed by atoms with E-state index < -0.39 is 0 Å². The van der Waals surface area contributed by atoms with Crippen LogP contribution in [-0.4, -0.2) is 39.8 Å². The van der Waals surface area contributed by atoms with E-state index in [4.69, 9.17) is 5.73 Å². The minimum atomic E-state index is 0.229. The number of hydrogen-bond acceptors (Lipinski definition) is 6. The lowest BCUT2D eigenvalue weighted by Crippen LogP contribution is -2.45. The number of hydrogen-bond donors (Lipinski definition) is 1. The molecule has 2 aliphatic rings. The number of anilines is 1. The van der Waals surface area contributed by atoms with Crippen LogP contribution >= 0.6 is 23.1 Å². The van der Waals surface area contributed by atoms with Crippen molar-refractivity contribution in [2.45, 2.75) is 36.4 Å². The molecule has 2 fully saturated rings. The molecular formula is C13H20N4OS2. The minimum absolute atomic E-state index is 0.229. The third kappa shape index (κ3) is 3.25. The number of nitrogens with two attached hydrogens (primary N) is 1. The first-order valence-corrected chi connectivity index (χ1v) is 9.02. The maximum Gasteiger partial charge on any atom is 0.233 e. The molecule has 3 rings (SSSR count). The van der Waals surface area contributed by atoms with Crippen LogP contribution in [0.3, 0.4) is 0 Å². The number of nitrogen functional groups attached to an aromatic ring is 1. The van der Waals surface area contributed by atoms with Crippen LogP contribution in [0.25, 0.3) is 0 Å². The minimum Gasteiger partial charge on any atom is -0.374 e. The smallest absolute Gasteiger partial charge is 0.233 e. The van der Waals surface area contributed by atoms with Gasteiger partial charge in [-0.15, -0.1) is 10.2 Å². The standard InChI is InChI=1S/C13H20N4OS2/c14-12-15-16-13(20-12)19-8-11(18)17-6-5-9-3-1-2-4-10(9)7-17/h9-10H,1-8H2,(H2,14,15)/t9-,10-/m0/s1. The molecule has 110 valence electrons. The Morgan fingerprint density at radius 1 is 1.30 bits per heavy atom. The SMILES string of the molecule is Nc1nnc(SCC(=O)N2CC[C@@H]3CCCC[C@H]3C2)s1. The summed E-state index contributed by atoms with van der Waals surface area (Å²) in [5.41, 5.74) is 5.54. The van der Waals surface area contributed by atoms with E-state index in [1.165, 1.54) is 55.2 Å². The average Bonchev–Trinajstić information content (AvgIpc) is 2.90. The van der Waals surface area contributed by atoms with Crippen molar-refractivity contribution >= 4 is 34.1 Å². The Morgan fingerprint density at radius 3 is 2.85 bits per heavy atom. The van der Waals surface area contributed by atoms with E-state index in [1.54, 1.807) is 0 Å². The van der Waals surface area contributed by atoms with Gasteiger partial charge in [0, 0.05) is 13.1 Å². The number of aromatic nitrogens is 2. The molecule has 1 saturated heterocycles. The van der Waals surface area contributed by atoms with Gasteiger partial charge in [0.2, 0.25) is 11.0 Å².